The average Bonchev–Trinajstić information content (AvgIpc) is 2.09. The highest BCUT2D eigenvalue weighted by Gasteiger charge is 2.40. The molecule has 3 heteroatoms. The van der Waals surface area contributed by atoms with Crippen molar-refractivity contribution in [3.63, 3.8) is 0 Å². The van der Waals surface area contributed by atoms with Crippen LogP contribution in [0.3, 0.4) is 0 Å². The first-order chi connectivity index (χ1) is 4.58. The molecule has 1 fully saturated rings. The molecule has 1 aliphatic rings. The second kappa shape index (κ2) is 2.55. The normalized spacial score (nSPS) is 47.9. The number of hydrogen-bond donors (Lipinski definition) is 0. The van der Waals surface area contributed by atoms with Gasteiger partial charge in [0.2, 0.25) is 0 Å². The van der Waals surface area contributed by atoms with Crippen molar-refractivity contribution in [3.05, 3.63) is 0 Å². The summed E-state index contributed by atoms with van der Waals surface area (Å²) >= 11 is 0. The van der Waals surface area contributed by atoms with Crippen molar-refractivity contribution in [2.75, 3.05) is 7.11 Å². The van der Waals surface area contributed by atoms with E-state index < -0.39 is 0 Å². The van der Waals surface area contributed by atoms with Crippen LogP contribution < -0.4 is 0 Å². The van der Waals surface area contributed by atoms with Gasteiger partial charge in [0.05, 0.1) is 11.7 Å². The maximum Gasteiger partial charge on any atom is 0.113 e. The van der Waals surface area contributed by atoms with Crippen molar-refractivity contribution in [2.24, 2.45) is 0 Å². The Balaban J connectivity index is 2.61. The fourth-order valence-corrected chi connectivity index (χ4v) is 1.33. The van der Waals surface area contributed by atoms with Gasteiger partial charge in [0.25, 0.3) is 0 Å². The van der Waals surface area contributed by atoms with Gasteiger partial charge in [-0.05, 0) is 13.8 Å². The van der Waals surface area contributed by atoms with Crippen molar-refractivity contribution in [3.8, 4) is 0 Å². The molecule has 0 N–H and O–H groups in total. The fraction of sp³-hybridized carbons (Fsp3) is 1.00. The first-order valence-corrected chi connectivity index (χ1v) is 3.54. The number of hydrogen-bond acceptors (Lipinski definition) is 2. The zero-order valence-corrected chi connectivity index (χ0v) is 6.76. The van der Waals surface area contributed by atoms with E-state index in [0.717, 1.165) is 6.42 Å². The molecule has 3 atom stereocenters. The lowest BCUT2D eigenvalue weighted by Gasteiger charge is -2.25. The van der Waals surface area contributed by atoms with E-state index in [9.17, 15) is 0 Å². The Bertz CT molecular complexity index is 129. The van der Waals surface area contributed by atoms with Crippen molar-refractivity contribution in [1.29, 1.82) is 0 Å². The lowest BCUT2D eigenvalue weighted by atomic mass is 9.83. The van der Waals surface area contributed by atoms with E-state index in [1.54, 1.807) is 7.11 Å². The van der Waals surface area contributed by atoms with E-state index in [0.29, 0.717) is 0 Å². The number of ether oxygens (including phenoxy) is 2. The van der Waals surface area contributed by atoms with Gasteiger partial charge in [-0.3, -0.25) is 0 Å². The van der Waals surface area contributed by atoms with Crippen molar-refractivity contribution in [1.82, 2.24) is 0 Å². The summed E-state index contributed by atoms with van der Waals surface area (Å²) in [5.74, 6) is 0. The fourth-order valence-electron chi connectivity index (χ4n) is 1.33. The zero-order valence-electron chi connectivity index (χ0n) is 6.76. The summed E-state index contributed by atoms with van der Waals surface area (Å²) in [6.45, 7) is 3.98. The van der Waals surface area contributed by atoms with Gasteiger partial charge in [-0.15, -0.1) is 0 Å². The maximum atomic E-state index is 5.67. The Labute approximate surface area is 63.3 Å². The van der Waals surface area contributed by atoms with Crippen LogP contribution in [0.5, 0.6) is 0 Å². The standard InChI is InChI=1S/C7H13BO2/c1-5-4-7(2,9-3)6(8)10-5/h5-6H,4H2,1-3H3/t5-,6-,7-/m1/s1. The van der Waals surface area contributed by atoms with Gasteiger partial charge in [0.15, 0.2) is 0 Å². The lowest BCUT2D eigenvalue weighted by molar-refractivity contribution is -0.0234. The van der Waals surface area contributed by atoms with Crippen molar-refractivity contribution < 1.29 is 9.47 Å². The van der Waals surface area contributed by atoms with Crippen LogP contribution in [0.25, 0.3) is 0 Å². The minimum absolute atomic E-state index is 0.222. The van der Waals surface area contributed by atoms with Gasteiger partial charge in [-0.2, -0.15) is 0 Å². The summed E-state index contributed by atoms with van der Waals surface area (Å²) < 4.78 is 10.6. The quantitative estimate of drug-likeness (QED) is 0.499. The molecule has 0 bridgehead atoms. The third kappa shape index (κ3) is 1.20. The van der Waals surface area contributed by atoms with E-state index in [1.165, 1.54) is 0 Å². The minimum atomic E-state index is -0.278. The van der Waals surface area contributed by atoms with Crippen LogP contribution in [-0.4, -0.2) is 32.7 Å². The second-order valence-corrected chi connectivity index (χ2v) is 3.09. The molecule has 1 heterocycles. The predicted octanol–water partition coefficient (Wildman–Crippen LogP) is 0.695. The molecule has 10 heavy (non-hydrogen) atoms. The predicted molar refractivity (Wildman–Crippen MR) is 40.1 cm³/mol. The van der Waals surface area contributed by atoms with E-state index in [2.05, 4.69) is 0 Å². The monoisotopic (exact) mass is 140 g/mol. The molecule has 0 saturated carbocycles. The second-order valence-electron chi connectivity index (χ2n) is 3.09. The van der Waals surface area contributed by atoms with Gasteiger partial charge >= 0.3 is 0 Å². The van der Waals surface area contributed by atoms with Crippen LogP contribution >= 0.6 is 0 Å². The molecular formula is C7H13BO2. The average molecular weight is 140 g/mol. The van der Waals surface area contributed by atoms with Gasteiger partial charge in [0, 0.05) is 19.5 Å². The third-order valence-corrected chi connectivity index (χ3v) is 2.14. The van der Waals surface area contributed by atoms with E-state index in [4.69, 9.17) is 17.3 Å². The van der Waals surface area contributed by atoms with Gasteiger partial charge in [-0.25, -0.2) is 0 Å². The van der Waals surface area contributed by atoms with Gasteiger partial charge < -0.3 is 9.47 Å². The summed E-state index contributed by atoms with van der Waals surface area (Å²) in [5, 5.41) is 0. The summed E-state index contributed by atoms with van der Waals surface area (Å²) in [6, 6.07) is -0.271. The van der Waals surface area contributed by atoms with Crippen LogP contribution in [0, 0.1) is 0 Å². The Morgan fingerprint density at radius 2 is 2.30 bits per heavy atom. The van der Waals surface area contributed by atoms with E-state index in [1.807, 2.05) is 13.8 Å². The van der Waals surface area contributed by atoms with Crippen molar-refractivity contribution >= 4 is 7.85 Å². The molecule has 1 saturated heterocycles. The van der Waals surface area contributed by atoms with Crippen LogP contribution in [0.1, 0.15) is 20.3 Å². The Kier molecular flexibility index (Phi) is 2.06. The molecular weight excluding hydrogens is 127 g/mol. The first-order valence-electron chi connectivity index (χ1n) is 3.54. The molecule has 2 nitrogen and oxygen atoms in total. The van der Waals surface area contributed by atoms with Gasteiger partial charge in [0.1, 0.15) is 7.85 Å². The first kappa shape index (κ1) is 8.09. The molecule has 2 radical (unpaired) electrons. The number of methoxy groups -OCH3 is 1. The Hall–Kier alpha value is -0.0151. The largest absolute Gasteiger partial charge is 0.382 e. The number of rotatable bonds is 1. The molecule has 0 spiro atoms. The van der Waals surface area contributed by atoms with Crippen LogP contribution in [0.15, 0.2) is 0 Å². The van der Waals surface area contributed by atoms with Crippen LogP contribution in [-0.2, 0) is 9.47 Å². The molecule has 1 rings (SSSR count). The highest BCUT2D eigenvalue weighted by molar-refractivity contribution is 6.12. The Morgan fingerprint density at radius 1 is 1.70 bits per heavy atom. The Morgan fingerprint density at radius 3 is 2.50 bits per heavy atom. The molecule has 0 aromatic heterocycles. The minimum Gasteiger partial charge on any atom is -0.382 e. The van der Waals surface area contributed by atoms with Crippen LogP contribution in [0.2, 0.25) is 0 Å². The van der Waals surface area contributed by atoms with E-state index >= 15 is 0 Å². The zero-order chi connectivity index (χ0) is 7.78. The molecule has 0 amide bonds. The summed E-state index contributed by atoms with van der Waals surface area (Å²) in [6.07, 6.45) is 1.10. The molecule has 0 aromatic rings. The SMILES string of the molecule is [B][C@@H]1O[C@H](C)C[C@@]1(C)OC. The lowest BCUT2D eigenvalue weighted by Crippen LogP contribution is -2.37. The molecule has 0 aliphatic carbocycles. The summed E-state index contributed by atoms with van der Waals surface area (Å²) in [5.41, 5.74) is -0.278. The summed E-state index contributed by atoms with van der Waals surface area (Å²) in [7, 11) is 7.33. The maximum absolute atomic E-state index is 5.67. The third-order valence-electron chi connectivity index (χ3n) is 2.14. The van der Waals surface area contributed by atoms with Crippen LogP contribution in [0.4, 0.5) is 0 Å². The molecule has 0 unspecified atom stereocenters. The topological polar surface area (TPSA) is 18.5 Å². The molecule has 0 aromatic carbocycles. The molecule has 1 aliphatic heterocycles. The highest BCUT2D eigenvalue weighted by Crippen LogP contribution is 2.30. The van der Waals surface area contributed by atoms with Crippen molar-refractivity contribution in [2.45, 2.75) is 38.0 Å². The summed E-state index contributed by atoms with van der Waals surface area (Å²) in [4.78, 5) is 0. The highest BCUT2D eigenvalue weighted by atomic mass is 16.6. The molecule has 56 valence electrons. The van der Waals surface area contributed by atoms with E-state index in [-0.39, 0.29) is 17.7 Å². The van der Waals surface area contributed by atoms with Gasteiger partial charge in [-0.1, -0.05) is 0 Å². The smallest absolute Gasteiger partial charge is 0.113 e.